The van der Waals surface area contributed by atoms with Crippen LogP contribution < -0.4 is 10.6 Å². The summed E-state index contributed by atoms with van der Waals surface area (Å²) in [6.45, 7) is 3.00. The van der Waals surface area contributed by atoms with E-state index in [9.17, 15) is 13.6 Å². The van der Waals surface area contributed by atoms with Crippen molar-refractivity contribution in [3.63, 3.8) is 0 Å². The molecule has 1 aromatic carbocycles. The van der Waals surface area contributed by atoms with Crippen LogP contribution in [0.5, 0.6) is 0 Å². The zero-order valence-electron chi connectivity index (χ0n) is 12.6. The topological polar surface area (TPSA) is 44.4 Å². The molecule has 124 valence electrons. The number of rotatable bonds is 5. The van der Waals surface area contributed by atoms with E-state index < -0.39 is 11.6 Å². The maximum Gasteiger partial charge on any atom is 0.238 e. The first-order valence-electron chi connectivity index (χ1n) is 7.20. The number of hydrogen-bond donors (Lipinski definition) is 2. The third kappa shape index (κ3) is 5.51. The number of benzene rings is 1. The summed E-state index contributed by atoms with van der Waals surface area (Å²) in [6.07, 6.45) is 2.24. The van der Waals surface area contributed by atoms with Gasteiger partial charge >= 0.3 is 0 Å². The van der Waals surface area contributed by atoms with Crippen LogP contribution in [0.15, 0.2) is 18.2 Å². The minimum absolute atomic E-state index is 0. The molecule has 4 nitrogen and oxygen atoms in total. The molecule has 0 saturated carbocycles. The van der Waals surface area contributed by atoms with Gasteiger partial charge in [0.05, 0.1) is 6.54 Å². The molecule has 1 saturated heterocycles. The minimum atomic E-state index is -0.958. The smallest absolute Gasteiger partial charge is 0.238 e. The molecule has 22 heavy (non-hydrogen) atoms. The summed E-state index contributed by atoms with van der Waals surface area (Å²) in [5.41, 5.74) is 0.280. The first-order chi connectivity index (χ1) is 10.1. The molecule has 0 bridgehead atoms. The molecule has 0 aromatic heterocycles. The van der Waals surface area contributed by atoms with Crippen molar-refractivity contribution in [1.82, 2.24) is 10.2 Å². The van der Waals surface area contributed by atoms with E-state index in [4.69, 9.17) is 0 Å². The van der Waals surface area contributed by atoms with Gasteiger partial charge in [-0.1, -0.05) is 0 Å². The van der Waals surface area contributed by atoms with Crippen LogP contribution in [0.25, 0.3) is 0 Å². The number of anilines is 1. The van der Waals surface area contributed by atoms with Gasteiger partial charge in [-0.05, 0) is 51.0 Å². The zero-order chi connectivity index (χ0) is 15.2. The monoisotopic (exact) mass is 333 g/mol. The predicted molar refractivity (Wildman–Crippen MR) is 85.3 cm³/mol. The number of amides is 1. The second-order valence-electron chi connectivity index (χ2n) is 5.48. The van der Waals surface area contributed by atoms with E-state index >= 15 is 0 Å². The molecule has 1 heterocycles. The predicted octanol–water partition coefficient (Wildman–Crippen LogP) is 2.26. The number of carbonyl (C=O) groups excluding carboxylic acids is 1. The quantitative estimate of drug-likeness (QED) is 0.868. The number of carbonyl (C=O) groups is 1. The Kier molecular flexibility index (Phi) is 7.72. The normalized spacial score (nSPS) is 18.6. The summed E-state index contributed by atoms with van der Waals surface area (Å²) < 4.78 is 25.9. The van der Waals surface area contributed by atoms with Gasteiger partial charge in [-0.25, -0.2) is 8.78 Å². The molecule has 0 spiro atoms. The number of halogens is 3. The summed E-state index contributed by atoms with van der Waals surface area (Å²) in [6, 6.07) is 3.36. The molecule has 1 aliphatic rings. The molecule has 1 unspecified atom stereocenters. The van der Waals surface area contributed by atoms with Crippen LogP contribution in [-0.4, -0.2) is 44.0 Å². The molecule has 0 radical (unpaired) electrons. The van der Waals surface area contributed by atoms with E-state index in [0.29, 0.717) is 5.92 Å². The Hall–Kier alpha value is -1.24. The van der Waals surface area contributed by atoms with E-state index in [0.717, 1.165) is 38.2 Å². The Morgan fingerprint density at radius 3 is 2.82 bits per heavy atom. The van der Waals surface area contributed by atoms with E-state index in [2.05, 4.69) is 15.5 Å². The lowest BCUT2D eigenvalue weighted by Gasteiger charge is -2.32. The zero-order valence-corrected chi connectivity index (χ0v) is 13.4. The van der Waals surface area contributed by atoms with Gasteiger partial charge in [-0.2, -0.15) is 0 Å². The first-order valence-corrected chi connectivity index (χ1v) is 7.20. The van der Waals surface area contributed by atoms with Gasteiger partial charge in [0.2, 0.25) is 5.91 Å². The van der Waals surface area contributed by atoms with E-state index in [1.54, 1.807) is 0 Å². The van der Waals surface area contributed by atoms with E-state index in [1.807, 2.05) is 7.05 Å². The third-order valence-electron chi connectivity index (χ3n) is 3.67. The lowest BCUT2D eigenvalue weighted by molar-refractivity contribution is -0.117. The van der Waals surface area contributed by atoms with Crippen molar-refractivity contribution in [2.75, 3.05) is 38.5 Å². The summed E-state index contributed by atoms with van der Waals surface area (Å²) in [5.74, 6) is -1.52. The Balaban J connectivity index is 0.00000242. The van der Waals surface area contributed by atoms with Crippen molar-refractivity contribution in [2.45, 2.75) is 12.8 Å². The van der Waals surface area contributed by atoms with Crippen molar-refractivity contribution in [2.24, 2.45) is 5.92 Å². The second kappa shape index (κ2) is 9.02. The van der Waals surface area contributed by atoms with Crippen molar-refractivity contribution in [3.05, 3.63) is 29.8 Å². The number of piperidine rings is 1. The van der Waals surface area contributed by atoms with Crippen molar-refractivity contribution < 1.29 is 13.6 Å². The van der Waals surface area contributed by atoms with Gasteiger partial charge in [0.15, 0.2) is 11.6 Å². The Bertz CT molecular complexity index is 500. The Labute approximate surface area is 135 Å². The SMILES string of the molecule is CNCC1CCCN(CC(=O)Nc2ccc(F)c(F)c2)C1.Cl. The fraction of sp³-hybridized carbons (Fsp3) is 0.533. The Morgan fingerprint density at radius 2 is 2.14 bits per heavy atom. The van der Waals surface area contributed by atoms with Crippen LogP contribution in [0.1, 0.15) is 12.8 Å². The van der Waals surface area contributed by atoms with Gasteiger partial charge in [0.25, 0.3) is 0 Å². The summed E-state index contributed by atoms with van der Waals surface area (Å²) >= 11 is 0. The highest BCUT2D eigenvalue weighted by Crippen LogP contribution is 2.16. The molecule has 1 aliphatic heterocycles. The highest BCUT2D eigenvalue weighted by molar-refractivity contribution is 5.92. The van der Waals surface area contributed by atoms with Crippen LogP contribution in [0.4, 0.5) is 14.5 Å². The van der Waals surface area contributed by atoms with Crippen LogP contribution in [0.3, 0.4) is 0 Å². The van der Waals surface area contributed by atoms with Crippen LogP contribution in [0.2, 0.25) is 0 Å². The highest BCUT2D eigenvalue weighted by atomic mass is 35.5. The van der Waals surface area contributed by atoms with Gasteiger partial charge in [-0.15, -0.1) is 12.4 Å². The molecule has 7 heteroatoms. The first kappa shape index (κ1) is 18.8. The van der Waals surface area contributed by atoms with E-state index in [1.165, 1.54) is 12.5 Å². The summed E-state index contributed by atoms with van der Waals surface area (Å²) in [5, 5.41) is 5.76. The average Bonchev–Trinajstić information content (AvgIpc) is 2.43. The maximum absolute atomic E-state index is 13.1. The Morgan fingerprint density at radius 1 is 1.36 bits per heavy atom. The van der Waals surface area contributed by atoms with Crippen LogP contribution in [0, 0.1) is 17.6 Å². The van der Waals surface area contributed by atoms with Crippen LogP contribution in [-0.2, 0) is 4.79 Å². The fourth-order valence-corrected chi connectivity index (χ4v) is 2.73. The number of likely N-dealkylation sites (tertiary alicyclic amines) is 1. The van der Waals surface area contributed by atoms with E-state index in [-0.39, 0.29) is 30.5 Å². The molecule has 1 aromatic rings. The molecular formula is C15H22ClF2N3O. The second-order valence-corrected chi connectivity index (χ2v) is 5.48. The number of nitrogens with zero attached hydrogens (tertiary/aromatic N) is 1. The molecule has 1 atom stereocenters. The average molecular weight is 334 g/mol. The van der Waals surface area contributed by atoms with Crippen molar-refractivity contribution >= 4 is 24.0 Å². The minimum Gasteiger partial charge on any atom is -0.325 e. The van der Waals surface area contributed by atoms with Crippen LogP contribution >= 0.6 is 12.4 Å². The molecular weight excluding hydrogens is 312 g/mol. The lowest BCUT2D eigenvalue weighted by Crippen LogP contribution is -2.42. The molecule has 1 fully saturated rings. The molecule has 2 rings (SSSR count). The maximum atomic E-state index is 13.1. The van der Waals surface area contributed by atoms with Gasteiger partial charge in [0, 0.05) is 18.3 Å². The lowest BCUT2D eigenvalue weighted by atomic mass is 9.98. The summed E-state index contributed by atoms with van der Waals surface area (Å²) in [4.78, 5) is 14.1. The molecule has 0 aliphatic carbocycles. The van der Waals surface area contributed by atoms with Gasteiger partial charge in [-0.3, -0.25) is 9.69 Å². The fourth-order valence-electron chi connectivity index (χ4n) is 2.73. The largest absolute Gasteiger partial charge is 0.325 e. The number of hydrogen-bond acceptors (Lipinski definition) is 3. The molecule has 2 N–H and O–H groups in total. The number of nitrogens with one attached hydrogen (secondary N) is 2. The van der Waals surface area contributed by atoms with Crippen molar-refractivity contribution in [1.29, 1.82) is 0 Å². The van der Waals surface area contributed by atoms with Gasteiger partial charge < -0.3 is 10.6 Å². The van der Waals surface area contributed by atoms with Crippen molar-refractivity contribution in [3.8, 4) is 0 Å². The van der Waals surface area contributed by atoms with Gasteiger partial charge in [0.1, 0.15) is 0 Å². The standard InChI is InChI=1S/C15H21F2N3O.ClH/c1-18-8-11-3-2-6-20(9-11)10-15(21)19-12-4-5-13(16)14(17)7-12;/h4-5,7,11,18H,2-3,6,8-10H2,1H3,(H,19,21);1H. The summed E-state index contributed by atoms with van der Waals surface area (Å²) in [7, 11) is 1.93. The molecule has 1 amide bonds. The highest BCUT2D eigenvalue weighted by Gasteiger charge is 2.21. The third-order valence-corrected chi connectivity index (χ3v) is 3.67.